The number of anilines is 1. The SMILES string of the molecule is CNCc1ccc(N2CCN(CC(F)(F)F)CC2)cc1C. The van der Waals surface area contributed by atoms with Crippen molar-refractivity contribution < 1.29 is 13.2 Å². The lowest BCUT2D eigenvalue weighted by atomic mass is 10.1. The predicted molar refractivity (Wildman–Crippen MR) is 78.7 cm³/mol. The highest BCUT2D eigenvalue weighted by Gasteiger charge is 2.32. The monoisotopic (exact) mass is 301 g/mol. The van der Waals surface area contributed by atoms with Gasteiger partial charge in [0.1, 0.15) is 0 Å². The van der Waals surface area contributed by atoms with Crippen LogP contribution in [0.1, 0.15) is 11.1 Å². The second kappa shape index (κ2) is 6.66. The number of halogens is 3. The molecular weight excluding hydrogens is 279 g/mol. The Balaban J connectivity index is 1.94. The highest BCUT2D eigenvalue weighted by Crippen LogP contribution is 2.22. The van der Waals surface area contributed by atoms with E-state index in [0.717, 1.165) is 12.2 Å². The van der Waals surface area contributed by atoms with Gasteiger partial charge in [0.25, 0.3) is 0 Å². The summed E-state index contributed by atoms with van der Waals surface area (Å²) < 4.78 is 37.1. The Labute approximate surface area is 123 Å². The van der Waals surface area contributed by atoms with E-state index in [1.54, 1.807) is 0 Å². The Morgan fingerprint density at radius 3 is 2.33 bits per heavy atom. The molecule has 1 fully saturated rings. The summed E-state index contributed by atoms with van der Waals surface area (Å²) in [5, 5.41) is 3.12. The quantitative estimate of drug-likeness (QED) is 0.921. The zero-order chi connectivity index (χ0) is 15.5. The third kappa shape index (κ3) is 4.61. The number of aryl methyl sites for hydroxylation is 1. The second-order valence-corrected chi connectivity index (χ2v) is 5.52. The number of nitrogens with zero attached hydrogens (tertiary/aromatic N) is 2. The molecule has 0 bridgehead atoms. The van der Waals surface area contributed by atoms with Gasteiger partial charge in [0, 0.05) is 38.4 Å². The minimum atomic E-state index is -4.10. The van der Waals surface area contributed by atoms with Gasteiger partial charge in [-0.3, -0.25) is 4.90 Å². The van der Waals surface area contributed by atoms with Crippen molar-refractivity contribution in [2.75, 3.05) is 44.7 Å². The van der Waals surface area contributed by atoms with Crippen LogP contribution in [0.4, 0.5) is 18.9 Å². The lowest BCUT2D eigenvalue weighted by Gasteiger charge is -2.36. The molecule has 0 atom stereocenters. The molecule has 0 spiro atoms. The fourth-order valence-corrected chi connectivity index (χ4v) is 2.68. The molecule has 2 rings (SSSR count). The third-order valence-corrected chi connectivity index (χ3v) is 3.83. The lowest BCUT2D eigenvalue weighted by Crippen LogP contribution is -2.49. The molecule has 1 saturated heterocycles. The van der Waals surface area contributed by atoms with Crippen molar-refractivity contribution in [1.29, 1.82) is 0 Å². The molecule has 0 aliphatic carbocycles. The van der Waals surface area contributed by atoms with E-state index < -0.39 is 12.7 Å². The Morgan fingerprint density at radius 2 is 1.81 bits per heavy atom. The number of hydrogen-bond donors (Lipinski definition) is 1. The van der Waals surface area contributed by atoms with E-state index >= 15 is 0 Å². The van der Waals surface area contributed by atoms with Crippen LogP contribution in [0.15, 0.2) is 18.2 Å². The normalized spacial score (nSPS) is 17.3. The Kier molecular flexibility index (Phi) is 5.11. The molecule has 0 unspecified atom stereocenters. The first kappa shape index (κ1) is 16.1. The van der Waals surface area contributed by atoms with Gasteiger partial charge < -0.3 is 10.2 Å². The van der Waals surface area contributed by atoms with E-state index in [1.165, 1.54) is 16.0 Å². The van der Waals surface area contributed by atoms with Crippen molar-refractivity contribution >= 4 is 5.69 Å². The van der Waals surface area contributed by atoms with E-state index in [-0.39, 0.29) is 0 Å². The Morgan fingerprint density at radius 1 is 1.14 bits per heavy atom. The van der Waals surface area contributed by atoms with Crippen LogP contribution >= 0.6 is 0 Å². The van der Waals surface area contributed by atoms with E-state index in [9.17, 15) is 13.2 Å². The maximum atomic E-state index is 12.4. The first-order chi connectivity index (χ1) is 9.89. The minimum absolute atomic E-state index is 0.455. The van der Waals surface area contributed by atoms with Crippen LogP contribution in [0.5, 0.6) is 0 Å². The Bertz CT molecular complexity index is 466. The van der Waals surface area contributed by atoms with E-state index in [1.807, 2.05) is 7.05 Å². The van der Waals surface area contributed by atoms with E-state index in [0.29, 0.717) is 26.2 Å². The molecule has 0 amide bonds. The molecule has 0 saturated carbocycles. The predicted octanol–water partition coefficient (Wildman–Crippen LogP) is 2.40. The van der Waals surface area contributed by atoms with Gasteiger partial charge in [-0.2, -0.15) is 13.2 Å². The van der Waals surface area contributed by atoms with Crippen LogP contribution in [-0.4, -0.2) is 50.8 Å². The smallest absolute Gasteiger partial charge is 0.369 e. The number of nitrogens with one attached hydrogen (secondary N) is 1. The van der Waals surface area contributed by atoms with Crippen LogP contribution in [0.3, 0.4) is 0 Å². The molecule has 3 nitrogen and oxygen atoms in total. The largest absolute Gasteiger partial charge is 0.401 e. The fourth-order valence-electron chi connectivity index (χ4n) is 2.68. The number of benzene rings is 1. The summed E-state index contributed by atoms with van der Waals surface area (Å²) in [4.78, 5) is 3.63. The van der Waals surface area contributed by atoms with Crippen LogP contribution in [0.25, 0.3) is 0 Å². The van der Waals surface area contributed by atoms with Gasteiger partial charge in [-0.05, 0) is 37.2 Å². The van der Waals surface area contributed by atoms with Gasteiger partial charge in [-0.1, -0.05) is 6.07 Å². The van der Waals surface area contributed by atoms with Crippen molar-refractivity contribution in [3.8, 4) is 0 Å². The van der Waals surface area contributed by atoms with Crippen LogP contribution < -0.4 is 10.2 Å². The van der Waals surface area contributed by atoms with Gasteiger partial charge in [0.15, 0.2) is 0 Å². The summed E-state index contributed by atoms with van der Waals surface area (Å²) in [6, 6.07) is 6.26. The summed E-state index contributed by atoms with van der Waals surface area (Å²) in [5.41, 5.74) is 3.55. The molecule has 6 heteroatoms. The topological polar surface area (TPSA) is 18.5 Å². The van der Waals surface area contributed by atoms with Crippen molar-refractivity contribution in [2.45, 2.75) is 19.6 Å². The summed E-state index contributed by atoms with van der Waals surface area (Å²) in [6.07, 6.45) is -4.10. The average molecular weight is 301 g/mol. The molecule has 0 aromatic heterocycles. The summed E-state index contributed by atoms with van der Waals surface area (Å²) >= 11 is 0. The molecule has 21 heavy (non-hydrogen) atoms. The molecule has 1 aliphatic rings. The molecule has 118 valence electrons. The number of alkyl halides is 3. The third-order valence-electron chi connectivity index (χ3n) is 3.83. The maximum Gasteiger partial charge on any atom is 0.401 e. The average Bonchev–Trinajstić information content (AvgIpc) is 2.40. The molecule has 1 heterocycles. The minimum Gasteiger partial charge on any atom is -0.369 e. The number of rotatable bonds is 4. The zero-order valence-corrected chi connectivity index (χ0v) is 12.5. The van der Waals surface area contributed by atoms with Crippen molar-refractivity contribution in [1.82, 2.24) is 10.2 Å². The molecule has 1 aliphatic heterocycles. The molecule has 1 aromatic carbocycles. The van der Waals surface area contributed by atoms with Gasteiger partial charge in [0.05, 0.1) is 6.54 Å². The van der Waals surface area contributed by atoms with Gasteiger partial charge >= 0.3 is 6.18 Å². The fraction of sp³-hybridized carbons (Fsp3) is 0.600. The van der Waals surface area contributed by atoms with Crippen LogP contribution in [0.2, 0.25) is 0 Å². The first-order valence-electron chi connectivity index (χ1n) is 7.17. The van der Waals surface area contributed by atoms with E-state index in [4.69, 9.17) is 0 Å². The molecule has 1 aromatic rings. The number of piperazine rings is 1. The highest BCUT2D eigenvalue weighted by atomic mass is 19.4. The standard InChI is InChI=1S/C15H22F3N3/c1-12-9-14(4-3-13(12)10-19-2)21-7-5-20(6-8-21)11-15(16,17)18/h3-4,9,19H,5-8,10-11H2,1-2H3. The van der Waals surface area contributed by atoms with Crippen molar-refractivity contribution in [2.24, 2.45) is 0 Å². The van der Waals surface area contributed by atoms with E-state index in [2.05, 4.69) is 35.3 Å². The van der Waals surface area contributed by atoms with Crippen LogP contribution in [0, 0.1) is 6.92 Å². The summed E-state index contributed by atoms with van der Waals surface area (Å²) in [7, 11) is 1.91. The Hall–Kier alpha value is -1.27. The zero-order valence-electron chi connectivity index (χ0n) is 12.5. The second-order valence-electron chi connectivity index (χ2n) is 5.52. The van der Waals surface area contributed by atoms with Gasteiger partial charge in [0.2, 0.25) is 0 Å². The van der Waals surface area contributed by atoms with Gasteiger partial charge in [-0.15, -0.1) is 0 Å². The molecule has 0 radical (unpaired) electrons. The number of hydrogen-bond acceptors (Lipinski definition) is 3. The summed E-state index contributed by atoms with van der Waals surface area (Å²) in [6.45, 7) is 4.28. The van der Waals surface area contributed by atoms with Crippen LogP contribution in [-0.2, 0) is 6.54 Å². The molecular formula is C15H22F3N3. The van der Waals surface area contributed by atoms with Crippen molar-refractivity contribution in [3.63, 3.8) is 0 Å². The highest BCUT2D eigenvalue weighted by molar-refractivity contribution is 5.51. The first-order valence-corrected chi connectivity index (χ1v) is 7.17. The lowest BCUT2D eigenvalue weighted by molar-refractivity contribution is -0.146. The maximum absolute atomic E-state index is 12.4. The van der Waals surface area contributed by atoms with Gasteiger partial charge in [-0.25, -0.2) is 0 Å². The summed E-state index contributed by atoms with van der Waals surface area (Å²) in [5.74, 6) is 0. The van der Waals surface area contributed by atoms with Crippen molar-refractivity contribution in [3.05, 3.63) is 29.3 Å². The molecule has 1 N–H and O–H groups in total.